The minimum absolute atomic E-state index is 0.0774. The number of likely N-dealkylation sites (tertiary alicyclic amines) is 1. The molecule has 0 aromatic heterocycles. The third kappa shape index (κ3) is 3.97. The topological polar surface area (TPSA) is 41.6 Å². The lowest BCUT2D eigenvalue weighted by atomic mass is 9.98. The van der Waals surface area contributed by atoms with Gasteiger partial charge >= 0.3 is 5.97 Å². The van der Waals surface area contributed by atoms with E-state index in [1.54, 1.807) is 0 Å². The molecular formula is C17H24N2O2S. The van der Waals surface area contributed by atoms with Gasteiger partial charge in [0, 0.05) is 18.8 Å². The summed E-state index contributed by atoms with van der Waals surface area (Å²) >= 11 is 5.54. The third-order valence-electron chi connectivity index (χ3n) is 4.04. The highest BCUT2D eigenvalue weighted by Gasteiger charge is 2.28. The Hall–Kier alpha value is -1.62. The number of para-hydroxylation sites is 1. The molecule has 1 atom stereocenters. The van der Waals surface area contributed by atoms with Crippen LogP contribution in [0.25, 0.3) is 0 Å². The van der Waals surface area contributed by atoms with Gasteiger partial charge in [-0.2, -0.15) is 0 Å². The maximum absolute atomic E-state index is 11.9. The molecule has 1 aliphatic heterocycles. The Labute approximate surface area is 137 Å². The average Bonchev–Trinajstić information content (AvgIpc) is 2.51. The average molecular weight is 320 g/mol. The number of aryl methyl sites for hydroxylation is 2. The predicted octanol–water partition coefficient (Wildman–Crippen LogP) is 3.28. The molecule has 1 aliphatic rings. The van der Waals surface area contributed by atoms with Crippen molar-refractivity contribution < 1.29 is 9.53 Å². The molecule has 0 saturated carbocycles. The first-order valence-corrected chi connectivity index (χ1v) is 8.22. The summed E-state index contributed by atoms with van der Waals surface area (Å²) in [5, 5.41) is 4.03. The van der Waals surface area contributed by atoms with Crippen molar-refractivity contribution in [1.29, 1.82) is 0 Å². The van der Waals surface area contributed by atoms with Gasteiger partial charge in [-0.05, 0) is 57.0 Å². The first-order valence-electron chi connectivity index (χ1n) is 7.81. The largest absolute Gasteiger partial charge is 0.466 e. The summed E-state index contributed by atoms with van der Waals surface area (Å²) < 4.78 is 5.14. The number of rotatable bonds is 3. The van der Waals surface area contributed by atoms with Gasteiger partial charge in [-0.3, -0.25) is 4.79 Å². The van der Waals surface area contributed by atoms with E-state index in [4.69, 9.17) is 17.0 Å². The second-order valence-corrected chi connectivity index (χ2v) is 6.12. The fourth-order valence-corrected chi connectivity index (χ4v) is 3.08. The molecule has 5 heteroatoms. The van der Waals surface area contributed by atoms with Crippen molar-refractivity contribution in [1.82, 2.24) is 4.90 Å². The summed E-state index contributed by atoms with van der Waals surface area (Å²) in [6.45, 7) is 7.92. The van der Waals surface area contributed by atoms with E-state index in [9.17, 15) is 4.79 Å². The fraction of sp³-hybridized carbons (Fsp3) is 0.529. The number of carbonyl (C=O) groups is 1. The van der Waals surface area contributed by atoms with Crippen LogP contribution >= 0.6 is 12.2 Å². The highest BCUT2D eigenvalue weighted by atomic mass is 32.1. The van der Waals surface area contributed by atoms with Crippen molar-refractivity contribution in [3.63, 3.8) is 0 Å². The van der Waals surface area contributed by atoms with Gasteiger partial charge in [0.2, 0.25) is 0 Å². The van der Waals surface area contributed by atoms with Crippen LogP contribution in [0, 0.1) is 19.8 Å². The molecule has 1 aromatic carbocycles. The van der Waals surface area contributed by atoms with E-state index in [0.717, 1.165) is 25.1 Å². The molecule has 22 heavy (non-hydrogen) atoms. The molecule has 1 N–H and O–H groups in total. The van der Waals surface area contributed by atoms with E-state index in [1.165, 1.54) is 11.1 Å². The van der Waals surface area contributed by atoms with Gasteiger partial charge in [0.25, 0.3) is 0 Å². The van der Waals surface area contributed by atoms with Crippen molar-refractivity contribution in [2.45, 2.75) is 33.6 Å². The molecule has 1 saturated heterocycles. The van der Waals surface area contributed by atoms with Gasteiger partial charge in [-0.15, -0.1) is 0 Å². The Morgan fingerprint density at radius 2 is 2.09 bits per heavy atom. The number of hydrogen-bond acceptors (Lipinski definition) is 3. The molecule has 4 nitrogen and oxygen atoms in total. The van der Waals surface area contributed by atoms with Crippen LogP contribution < -0.4 is 5.32 Å². The third-order valence-corrected chi connectivity index (χ3v) is 4.40. The summed E-state index contributed by atoms with van der Waals surface area (Å²) in [5.74, 6) is -0.187. The monoisotopic (exact) mass is 320 g/mol. The number of piperidine rings is 1. The molecule has 2 rings (SSSR count). The number of carbonyl (C=O) groups excluding carboxylic acids is 1. The normalized spacial score (nSPS) is 18.0. The van der Waals surface area contributed by atoms with Crippen LogP contribution in [0.1, 0.15) is 30.9 Å². The Balaban J connectivity index is 2.02. The number of nitrogens with zero attached hydrogens (tertiary/aromatic N) is 1. The van der Waals surface area contributed by atoms with Crippen LogP contribution in [-0.2, 0) is 9.53 Å². The van der Waals surface area contributed by atoms with Crippen molar-refractivity contribution in [2.75, 3.05) is 25.0 Å². The van der Waals surface area contributed by atoms with Crippen molar-refractivity contribution in [3.8, 4) is 0 Å². The number of thiocarbonyl (C=S) groups is 1. The maximum Gasteiger partial charge on any atom is 0.310 e. The number of esters is 1. The second-order valence-electron chi connectivity index (χ2n) is 5.73. The van der Waals surface area contributed by atoms with Crippen LogP contribution in [0.3, 0.4) is 0 Å². The molecule has 0 aliphatic carbocycles. The van der Waals surface area contributed by atoms with E-state index in [-0.39, 0.29) is 11.9 Å². The van der Waals surface area contributed by atoms with Gasteiger partial charge in [0.15, 0.2) is 5.11 Å². The molecule has 1 unspecified atom stereocenters. The van der Waals surface area contributed by atoms with Crippen molar-refractivity contribution in [2.24, 2.45) is 5.92 Å². The smallest absolute Gasteiger partial charge is 0.310 e. The van der Waals surface area contributed by atoms with Crippen LogP contribution in [0.5, 0.6) is 0 Å². The van der Waals surface area contributed by atoms with Gasteiger partial charge in [0.05, 0.1) is 12.5 Å². The molecule has 1 aromatic rings. The van der Waals surface area contributed by atoms with Gasteiger partial charge in [0.1, 0.15) is 0 Å². The zero-order valence-corrected chi connectivity index (χ0v) is 14.3. The standard InChI is InChI=1S/C17H24N2O2S/c1-4-21-16(20)14-9-6-10-19(11-14)17(22)18-15-12(2)7-5-8-13(15)3/h5,7-8,14H,4,6,9-11H2,1-3H3,(H,18,22). The fourth-order valence-electron chi connectivity index (χ4n) is 2.81. The lowest BCUT2D eigenvalue weighted by Gasteiger charge is -2.33. The van der Waals surface area contributed by atoms with Gasteiger partial charge in [-0.1, -0.05) is 18.2 Å². The SMILES string of the molecule is CCOC(=O)C1CCCN(C(=S)Nc2c(C)cccc2C)C1. The first kappa shape index (κ1) is 16.7. The van der Waals surface area contributed by atoms with Crippen molar-refractivity contribution >= 4 is 29.0 Å². The zero-order chi connectivity index (χ0) is 16.1. The predicted molar refractivity (Wildman–Crippen MR) is 93.1 cm³/mol. The molecule has 1 fully saturated rings. The van der Waals surface area contributed by atoms with Crippen LogP contribution in [0.2, 0.25) is 0 Å². The summed E-state index contributed by atoms with van der Waals surface area (Å²) in [7, 11) is 0. The highest BCUT2D eigenvalue weighted by molar-refractivity contribution is 7.80. The van der Waals surface area contributed by atoms with Crippen LogP contribution in [-0.4, -0.2) is 35.7 Å². The van der Waals surface area contributed by atoms with E-state index < -0.39 is 0 Å². The number of nitrogens with one attached hydrogen (secondary N) is 1. The minimum atomic E-state index is -0.109. The number of anilines is 1. The Morgan fingerprint density at radius 1 is 1.41 bits per heavy atom. The van der Waals surface area contributed by atoms with Crippen molar-refractivity contribution in [3.05, 3.63) is 29.3 Å². The Bertz CT molecular complexity index is 539. The summed E-state index contributed by atoms with van der Waals surface area (Å²) in [6, 6.07) is 6.17. The lowest BCUT2D eigenvalue weighted by Crippen LogP contribution is -2.44. The molecule has 0 bridgehead atoms. The number of benzene rings is 1. The molecule has 120 valence electrons. The lowest BCUT2D eigenvalue weighted by molar-refractivity contribution is -0.149. The molecule has 1 heterocycles. The highest BCUT2D eigenvalue weighted by Crippen LogP contribution is 2.22. The summed E-state index contributed by atoms with van der Waals surface area (Å²) in [5.41, 5.74) is 3.40. The summed E-state index contributed by atoms with van der Waals surface area (Å²) in [6.07, 6.45) is 1.83. The molecule has 0 spiro atoms. The van der Waals surface area contributed by atoms with Crippen LogP contribution in [0.4, 0.5) is 5.69 Å². The van der Waals surface area contributed by atoms with Gasteiger partial charge in [-0.25, -0.2) is 0 Å². The molecular weight excluding hydrogens is 296 g/mol. The second kappa shape index (κ2) is 7.58. The number of ether oxygens (including phenoxy) is 1. The molecule has 0 radical (unpaired) electrons. The van der Waals surface area contributed by atoms with E-state index in [2.05, 4.69) is 36.2 Å². The van der Waals surface area contributed by atoms with E-state index in [0.29, 0.717) is 18.3 Å². The quantitative estimate of drug-likeness (QED) is 0.684. The maximum atomic E-state index is 11.9. The van der Waals surface area contributed by atoms with E-state index in [1.807, 2.05) is 13.0 Å². The Morgan fingerprint density at radius 3 is 2.73 bits per heavy atom. The summed E-state index contributed by atoms with van der Waals surface area (Å²) in [4.78, 5) is 14.0. The van der Waals surface area contributed by atoms with E-state index >= 15 is 0 Å². The zero-order valence-electron chi connectivity index (χ0n) is 13.5. The first-order chi connectivity index (χ1) is 10.5. The molecule has 0 amide bonds. The van der Waals surface area contributed by atoms with Crippen LogP contribution in [0.15, 0.2) is 18.2 Å². The minimum Gasteiger partial charge on any atom is -0.466 e. The number of hydrogen-bond donors (Lipinski definition) is 1. The Kier molecular flexibility index (Phi) is 5.77. The van der Waals surface area contributed by atoms with Gasteiger partial charge < -0.3 is 15.0 Å².